The summed E-state index contributed by atoms with van der Waals surface area (Å²) in [5.74, 6) is 2.88. The van der Waals surface area contributed by atoms with Gasteiger partial charge in [0.1, 0.15) is 0 Å². The van der Waals surface area contributed by atoms with E-state index in [1.807, 2.05) is 0 Å². The third-order valence-electron chi connectivity index (χ3n) is 11.1. The Bertz CT molecular complexity index is 1360. The molecule has 0 unspecified atom stereocenters. The molecule has 0 amide bonds. The topological polar surface area (TPSA) is 241 Å². The second-order valence-electron chi connectivity index (χ2n) is 15.3. The average Bonchev–Trinajstić information content (AvgIpc) is 3.84. The molecular formula is C36H68N4O8S4. The number of sulfonamides is 4. The van der Waals surface area contributed by atoms with Crippen molar-refractivity contribution in [3.63, 3.8) is 0 Å². The minimum absolute atomic E-state index is 0.174. The smallest absolute Gasteiger partial charge is 0.211 e. The van der Waals surface area contributed by atoms with Gasteiger partial charge >= 0.3 is 0 Å². The van der Waals surface area contributed by atoms with Crippen LogP contribution >= 0.6 is 0 Å². The van der Waals surface area contributed by atoms with Crippen molar-refractivity contribution >= 4 is 40.1 Å². The lowest BCUT2D eigenvalue weighted by Gasteiger charge is -2.20. The first-order valence-electron chi connectivity index (χ1n) is 18.4. The molecule has 0 bridgehead atoms. The molecule has 8 N–H and O–H groups in total. The fourth-order valence-corrected chi connectivity index (χ4v) is 10.2. The lowest BCUT2D eigenvalue weighted by molar-refractivity contribution is 0.442. The average molecular weight is 813 g/mol. The number of allylic oxidation sites excluding steroid dienone is 4. The highest BCUT2D eigenvalue weighted by Gasteiger charge is 2.40. The Morgan fingerprint density at radius 3 is 0.615 bits per heavy atom. The molecule has 4 fully saturated rings. The number of rotatable bonds is 20. The monoisotopic (exact) mass is 812 g/mol. The Morgan fingerprint density at radius 2 is 0.538 bits per heavy atom. The number of hydrogen-bond acceptors (Lipinski definition) is 8. The van der Waals surface area contributed by atoms with Gasteiger partial charge in [0.05, 0.1) is 21.0 Å². The standard InChI is InChI=1S/4C9H17NO2S/c4*1-3-4-9(8-5-6-8)7(2)13(10,11)12/h4*3,7-9H,1,4-6H2,2H3,(H2,10,11,12)/t2*7-,9+;2*7-,9-/m1010/s1. The quantitative estimate of drug-likeness (QED) is 0.121. The fraction of sp³-hybridized carbons (Fsp3) is 0.778. The van der Waals surface area contributed by atoms with Gasteiger partial charge in [-0.25, -0.2) is 54.2 Å². The maximum atomic E-state index is 11.1. The summed E-state index contributed by atoms with van der Waals surface area (Å²) in [5.41, 5.74) is 0. The van der Waals surface area contributed by atoms with Crippen molar-refractivity contribution in [1.29, 1.82) is 0 Å². The van der Waals surface area contributed by atoms with Crippen LogP contribution in [-0.4, -0.2) is 54.7 Å². The van der Waals surface area contributed by atoms with Gasteiger partial charge in [-0.2, -0.15) is 0 Å². The predicted molar refractivity (Wildman–Crippen MR) is 214 cm³/mol. The summed E-state index contributed by atoms with van der Waals surface area (Å²) < 4.78 is 89.0. The van der Waals surface area contributed by atoms with Gasteiger partial charge < -0.3 is 0 Å². The first kappa shape index (κ1) is 48.6. The van der Waals surface area contributed by atoms with Gasteiger partial charge in [-0.1, -0.05) is 24.3 Å². The minimum Gasteiger partial charge on any atom is -0.228 e. The summed E-state index contributed by atoms with van der Waals surface area (Å²) in [6, 6.07) is 0. The molecule has 0 aromatic heterocycles. The van der Waals surface area contributed by atoms with E-state index in [1.54, 1.807) is 52.0 Å². The van der Waals surface area contributed by atoms with Gasteiger partial charge in [-0.15, -0.1) is 26.3 Å². The molecule has 52 heavy (non-hydrogen) atoms. The third-order valence-corrected chi connectivity index (χ3v) is 16.7. The van der Waals surface area contributed by atoms with Crippen molar-refractivity contribution < 1.29 is 33.7 Å². The van der Waals surface area contributed by atoms with Crippen LogP contribution in [0, 0.1) is 47.3 Å². The van der Waals surface area contributed by atoms with E-state index < -0.39 is 61.1 Å². The Labute approximate surface area is 316 Å². The molecule has 0 heterocycles. The van der Waals surface area contributed by atoms with E-state index in [0.29, 0.717) is 23.7 Å². The molecule has 0 saturated heterocycles. The van der Waals surface area contributed by atoms with Crippen LogP contribution in [-0.2, 0) is 40.1 Å². The van der Waals surface area contributed by atoms with Crippen LogP contribution in [0.4, 0.5) is 0 Å². The number of nitrogens with two attached hydrogens (primary N) is 4. The van der Waals surface area contributed by atoms with Crippen molar-refractivity contribution in [3.05, 3.63) is 50.6 Å². The van der Waals surface area contributed by atoms with Gasteiger partial charge in [0.25, 0.3) is 0 Å². The maximum Gasteiger partial charge on any atom is 0.211 e. The molecule has 4 aliphatic rings. The zero-order valence-corrected chi connectivity index (χ0v) is 35.0. The van der Waals surface area contributed by atoms with Crippen molar-refractivity contribution in [1.82, 2.24) is 0 Å². The van der Waals surface area contributed by atoms with E-state index in [9.17, 15) is 33.7 Å². The van der Waals surface area contributed by atoms with Gasteiger partial charge in [0.15, 0.2) is 0 Å². The first-order chi connectivity index (χ1) is 23.9. The van der Waals surface area contributed by atoms with Crippen LogP contribution in [0.15, 0.2) is 50.6 Å². The lowest BCUT2D eigenvalue weighted by atomic mass is 9.96. The Kier molecular flexibility index (Phi) is 19.7. The highest BCUT2D eigenvalue weighted by atomic mass is 32.2. The molecule has 304 valence electrons. The summed E-state index contributed by atoms with van der Waals surface area (Å²) >= 11 is 0. The van der Waals surface area contributed by atoms with Gasteiger partial charge in [0, 0.05) is 0 Å². The third kappa shape index (κ3) is 17.8. The first-order valence-corrected chi connectivity index (χ1v) is 24.8. The van der Waals surface area contributed by atoms with Gasteiger partial charge in [0.2, 0.25) is 40.1 Å². The predicted octanol–water partition coefficient (Wildman–Crippen LogP) is 5.06. The van der Waals surface area contributed by atoms with Crippen LogP contribution in [0.5, 0.6) is 0 Å². The van der Waals surface area contributed by atoms with Crippen LogP contribution in [0.1, 0.15) is 105 Å². The molecule has 16 heteroatoms. The van der Waals surface area contributed by atoms with Gasteiger partial charge in [-0.05, 0) is 152 Å². The molecule has 0 radical (unpaired) electrons. The summed E-state index contributed by atoms with van der Waals surface area (Å²) in [6.07, 6.45) is 19.2. The van der Waals surface area contributed by atoms with Crippen LogP contribution in [0.2, 0.25) is 0 Å². The highest BCUT2D eigenvalue weighted by Crippen LogP contribution is 2.44. The zero-order chi connectivity index (χ0) is 40.2. The molecular weight excluding hydrogens is 745 g/mol. The van der Waals surface area contributed by atoms with E-state index in [0.717, 1.165) is 77.0 Å². The van der Waals surface area contributed by atoms with Crippen molar-refractivity contribution in [3.8, 4) is 0 Å². The highest BCUT2D eigenvalue weighted by molar-refractivity contribution is 7.90. The molecule has 4 aliphatic carbocycles. The second-order valence-corrected chi connectivity index (χ2v) is 23.0. The van der Waals surface area contributed by atoms with Crippen molar-refractivity contribution in [2.75, 3.05) is 0 Å². The van der Waals surface area contributed by atoms with Crippen molar-refractivity contribution in [2.24, 2.45) is 67.9 Å². The summed E-state index contributed by atoms with van der Waals surface area (Å²) in [4.78, 5) is 0. The Morgan fingerprint density at radius 1 is 0.404 bits per heavy atom. The van der Waals surface area contributed by atoms with E-state index in [4.69, 9.17) is 20.6 Å². The van der Waals surface area contributed by atoms with E-state index >= 15 is 0 Å². The summed E-state index contributed by atoms with van der Waals surface area (Å²) in [5, 5.41) is 18.7. The molecule has 0 aliphatic heterocycles. The van der Waals surface area contributed by atoms with Crippen LogP contribution in [0.25, 0.3) is 0 Å². The molecule has 0 spiro atoms. The van der Waals surface area contributed by atoms with E-state index in [1.165, 1.54) is 0 Å². The number of hydrogen-bond donors (Lipinski definition) is 4. The maximum absolute atomic E-state index is 11.1. The Balaban J connectivity index is 0.000000347. The summed E-state index contributed by atoms with van der Waals surface area (Å²) in [6.45, 7) is 21.3. The molecule has 12 nitrogen and oxygen atoms in total. The largest absolute Gasteiger partial charge is 0.228 e. The molecule has 4 saturated carbocycles. The second kappa shape index (κ2) is 21.1. The van der Waals surface area contributed by atoms with E-state index in [2.05, 4.69) is 26.3 Å². The molecule has 0 aromatic carbocycles. The molecule has 4 rings (SSSR count). The fourth-order valence-electron chi connectivity index (χ4n) is 6.91. The van der Waals surface area contributed by atoms with Crippen molar-refractivity contribution in [2.45, 2.75) is 126 Å². The minimum atomic E-state index is -3.38. The molecule has 8 atom stereocenters. The zero-order valence-electron chi connectivity index (χ0n) is 31.8. The van der Waals surface area contributed by atoms with E-state index in [-0.39, 0.29) is 23.7 Å². The SMILES string of the molecule is C=CC[C@@H](C1CC1)[C@@H](C)S(N)(=O)=O.C=CC[C@@H](C1CC1)[C@H](C)S(N)(=O)=O.C=CC[C@H](C1CC1)[C@@H](C)S(N)(=O)=O.C=CC[C@H](C1CC1)[C@H](C)S(N)(=O)=O. The van der Waals surface area contributed by atoms with Crippen LogP contribution in [0.3, 0.4) is 0 Å². The lowest BCUT2D eigenvalue weighted by Crippen LogP contribution is -2.33. The molecule has 0 aromatic rings. The Hall–Kier alpha value is -1.40. The number of primary sulfonamides is 4. The van der Waals surface area contributed by atoms with Crippen LogP contribution < -0.4 is 20.6 Å². The summed E-state index contributed by atoms with van der Waals surface area (Å²) in [7, 11) is -13.5. The normalized spacial score (nSPS) is 22.3. The van der Waals surface area contributed by atoms with Gasteiger partial charge in [-0.3, -0.25) is 0 Å².